The second kappa shape index (κ2) is 4.64. The van der Waals surface area contributed by atoms with Gasteiger partial charge in [0.05, 0.1) is 5.69 Å². The first-order chi connectivity index (χ1) is 8.08. The summed E-state index contributed by atoms with van der Waals surface area (Å²) in [6.07, 6.45) is 1.66. The smallest absolute Gasteiger partial charge is 0.320 e. The van der Waals surface area contributed by atoms with Gasteiger partial charge in [0.2, 0.25) is 0 Å². The molecule has 17 heavy (non-hydrogen) atoms. The van der Waals surface area contributed by atoms with Gasteiger partial charge in [0.25, 0.3) is 5.56 Å². The molecule has 2 N–H and O–H groups in total. The number of nitrogens with one attached hydrogen (secondary N) is 1. The van der Waals surface area contributed by atoms with Crippen LogP contribution in [0.2, 0.25) is 0 Å². The highest BCUT2D eigenvalue weighted by atomic mass is 32.1. The number of rotatable bonds is 4. The molecule has 0 saturated heterocycles. The molecule has 6 nitrogen and oxygen atoms in total. The van der Waals surface area contributed by atoms with Crippen molar-refractivity contribution in [2.75, 3.05) is 0 Å². The summed E-state index contributed by atoms with van der Waals surface area (Å²) in [5, 5.41) is 13.3. The van der Waals surface area contributed by atoms with Crippen molar-refractivity contribution >= 4 is 22.3 Å². The first-order valence-corrected chi connectivity index (χ1v) is 5.88. The average Bonchev–Trinajstić information content (AvgIpc) is 2.74. The van der Waals surface area contributed by atoms with Crippen LogP contribution in [0.5, 0.6) is 0 Å². The summed E-state index contributed by atoms with van der Waals surface area (Å²) in [6, 6.07) is 0.736. The van der Waals surface area contributed by atoms with E-state index in [0.717, 1.165) is 0 Å². The highest BCUT2D eigenvalue weighted by molar-refractivity contribution is 7.15. The molecular weight excluding hydrogens is 242 g/mol. The molecule has 0 aliphatic rings. The lowest BCUT2D eigenvalue weighted by Gasteiger charge is -2.08. The number of hydrogen-bond donors (Lipinski definition) is 2. The molecule has 0 fully saturated rings. The minimum Gasteiger partial charge on any atom is -0.480 e. The van der Waals surface area contributed by atoms with Crippen molar-refractivity contribution in [1.82, 2.24) is 14.7 Å². The molecule has 7 heteroatoms. The normalized spacial score (nSPS) is 12.8. The summed E-state index contributed by atoms with van der Waals surface area (Å²) in [6.45, 7) is 1.80. The van der Waals surface area contributed by atoms with E-state index >= 15 is 0 Å². The first-order valence-electron chi connectivity index (χ1n) is 5.00. The van der Waals surface area contributed by atoms with Crippen LogP contribution in [0.15, 0.2) is 22.4 Å². The standard InChI is InChI=1S/C10H11N3O3S/c1-6(9(15)16)11-5-7-4-8(14)13-2-3-17-10(13)12-7/h2-4,6,11H,5H2,1H3,(H,15,16)/t6-/m1/s1. The van der Waals surface area contributed by atoms with Crippen LogP contribution in [0.3, 0.4) is 0 Å². The molecule has 0 aliphatic carbocycles. The van der Waals surface area contributed by atoms with Gasteiger partial charge < -0.3 is 5.11 Å². The van der Waals surface area contributed by atoms with Gasteiger partial charge in [-0.2, -0.15) is 0 Å². The van der Waals surface area contributed by atoms with E-state index in [4.69, 9.17) is 5.11 Å². The zero-order valence-electron chi connectivity index (χ0n) is 9.08. The van der Waals surface area contributed by atoms with E-state index < -0.39 is 12.0 Å². The van der Waals surface area contributed by atoms with Crippen molar-refractivity contribution in [3.63, 3.8) is 0 Å². The number of carboxylic acids is 1. The third kappa shape index (κ3) is 2.51. The Morgan fingerprint density at radius 2 is 2.47 bits per heavy atom. The van der Waals surface area contributed by atoms with Crippen molar-refractivity contribution in [2.45, 2.75) is 19.5 Å². The minimum absolute atomic E-state index is 0.156. The third-order valence-corrected chi connectivity index (χ3v) is 3.07. The van der Waals surface area contributed by atoms with E-state index in [2.05, 4.69) is 10.3 Å². The maximum atomic E-state index is 11.6. The van der Waals surface area contributed by atoms with E-state index in [1.165, 1.54) is 21.8 Å². The largest absolute Gasteiger partial charge is 0.480 e. The zero-order chi connectivity index (χ0) is 12.4. The summed E-state index contributed by atoms with van der Waals surface area (Å²) >= 11 is 1.36. The molecule has 2 heterocycles. The van der Waals surface area contributed by atoms with Crippen molar-refractivity contribution < 1.29 is 9.90 Å². The molecule has 0 radical (unpaired) electrons. The van der Waals surface area contributed by atoms with Crippen molar-refractivity contribution in [3.8, 4) is 0 Å². The van der Waals surface area contributed by atoms with Gasteiger partial charge in [-0.25, -0.2) is 4.98 Å². The summed E-state index contributed by atoms with van der Waals surface area (Å²) in [5.74, 6) is -0.932. The van der Waals surface area contributed by atoms with Gasteiger partial charge in [-0.1, -0.05) is 0 Å². The number of hydrogen-bond acceptors (Lipinski definition) is 5. The van der Waals surface area contributed by atoms with Gasteiger partial charge in [-0.3, -0.25) is 19.3 Å². The summed E-state index contributed by atoms with van der Waals surface area (Å²) < 4.78 is 1.45. The number of aliphatic carboxylic acids is 1. The molecule has 2 rings (SSSR count). The molecule has 90 valence electrons. The van der Waals surface area contributed by atoms with Crippen LogP contribution in [0.25, 0.3) is 4.96 Å². The Morgan fingerprint density at radius 3 is 3.18 bits per heavy atom. The lowest BCUT2D eigenvalue weighted by molar-refractivity contribution is -0.139. The molecular formula is C10H11N3O3S. The number of thiazole rings is 1. The topological polar surface area (TPSA) is 83.7 Å². The SMILES string of the molecule is C[C@@H](NCc1cc(=O)n2ccsc2n1)C(=O)O. The van der Waals surface area contributed by atoms with Gasteiger partial charge in [-0.15, -0.1) is 11.3 Å². The lowest BCUT2D eigenvalue weighted by atomic mass is 10.3. The van der Waals surface area contributed by atoms with Crippen LogP contribution in [0.1, 0.15) is 12.6 Å². The Labute approximate surface area is 101 Å². The van der Waals surface area contributed by atoms with Crippen molar-refractivity contribution in [2.24, 2.45) is 0 Å². The van der Waals surface area contributed by atoms with E-state index in [1.54, 1.807) is 18.5 Å². The highest BCUT2D eigenvalue weighted by Crippen LogP contribution is 2.06. The Balaban J connectivity index is 2.19. The number of aromatic nitrogens is 2. The molecule has 1 atom stereocenters. The quantitative estimate of drug-likeness (QED) is 0.819. The zero-order valence-corrected chi connectivity index (χ0v) is 9.90. The second-order valence-electron chi connectivity index (χ2n) is 3.58. The molecule has 2 aromatic heterocycles. The van der Waals surface area contributed by atoms with Crippen LogP contribution in [-0.2, 0) is 11.3 Å². The maximum Gasteiger partial charge on any atom is 0.320 e. The first kappa shape index (κ1) is 11.7. The number of nitrogens with zero attached hydrogens (tertiary/aromatic N) is 2. The van der Waals surface area contributed by atoms with Crippen LogP contribution in [0, 0.1) is 0 Å². The second-order valence-corrected chi connectivity index (χ2v) is 4.46. The molecule has 0 bridgehead atoms. The fraction of sp³-hybridized carbons (Fsp3) is 0.300. The van der Waals surface area contributed by atoms with Crippen LogP contribution in [0.4, 0.5) is 0 Å². The average molecular weight is 253 g/mol. The fourth-order valence-electron chi connectivity index (χ4n) is 1.32. The molecule has 0 unspecified atom stereocenters. The Morgan fingerprint density at radius 1 is 1.71 bits per heavy atom. The van der Waals surface area contributed by atoms with Crippen LogP contribution < -0.4 is 10.9 Å². The van der Waals surface area contributed by atoms with E-state index in [0.29, 0.717) is 10.7 Å². The van der Waals surface area contributed by atoms with Crippen molar-refractivity contribution in [1.29, 1.82) is 0 Å². The van der Waals surface area contributed by atoms with Gasteiger partial charge in [-0.05, 0) is 6.92 Å². The third-order valence-electron chi connectivity index (χ3n) is 2.32. The summed E-state index contributed by atoms with van der Waals surface area (Å²) in [5.41, 5.74) is 0.390. The van der Waals surface area contributed by atoms with Crippen molar-refractivity contribution in [3.05, 3.63) is 33.7 Å². The van der Waals surface area contributed by atoms with Gasteiger partial charge >= 0.3 is 5.97 Å². The Kier molecular flexibility index (Phi) is 3.21. The Hall–Kier alpha value is -1.73. The van der Waals surface area contributed by atoms with E-state index in [-0.39, 0.29) is 12.1 Å². The molecule has 0 amide bonds. The van der Waals surface area contributed by atoms with Crippen LogP contribution in [-0.4, -0.2) is 26.5 Å². The van der Waals surface area contributed by atoms with Gasteiger partial charge in [0.15, 0.2) is 4.96 Å². The predicted molar refractivity (Wildman–Crippen MR) is 63.3 cm³/mol. The predicted octanol–water partition coefficient (Wildman–Crippen LogP) is 0.319. The van der Waals surface area contributed by atoms with Crippen LogP contribution >= 0.6 is 11.3 Å². The summed E-state index contributed by atoms with van der Waals surface area (Å²) in [4.78, 5) is 27.1. The monoisotopic (exact) mass is 253 g/mol. The Bertz CT molecular complexity index is 604. The molecule has 0 spiro atoms. The molecule has 2 aromatic rings. The number of carboxylic acid groups (broad SMARTS) is 1. The number of fused-ring (bicyclic) bond motifs is 1. The minimum atomic E-state index is -0.932. The summed E-state index contributed by atoms with van der Waals surface area (Å²) in [7, 11) is 0. The molecule has 0 aromatic carbocycles. The molecule has 0 saturated carbocycles. The fourth-order valence-corrected chi connectivity index (χ4v) is 2.06. The van der Waals surface area contributed by atoms with Gasteiger partial charge in [0.1, 0.15) is 6.04 Å². The lowest BCUT2D eigenvalue weighted by Crippen LogP contribution is -2.33. The highest BCUT2D eigenvalue weighted by Gasteiger charge is 2.10. The van der Waals surface area contributed by atoms with Gasteiger partial charge in [0, 0.05) is 24.2 Å². The maximum absolute atomic E-state index is 11.6. The molecule has 0 aliphatic heterocycles. The van der Waals surface area contributed by atoms with E-state index in [1.807, 2.05) is 0 Å². The van der Waals surface area contributed by atoms with E-state index in [9.17, 15) is 9.59 Å². The number of carbonyl (C=O) groups is 1.